The SMILES string of the molecule is CNC(=O)[C@@H]1[C@@H](Nc2c(Cl)cnc3nc(-c4cnn(C)c4)[nH]c23)[C@@H]2C=C[C@@H]1C2. The Morgan fingerprint density at radius 3 is 2.89 bits per heavy atom. The lowest BCUT2D eigenvalue weighted by molar-refractivity contribution is -0.125. The standard InChI is InChI=1S/C19H20ClN7O/c1-21-19(28)13-9-3-4-10(5-9)14(13)24-15-12(20)7-22-18-16(15)25-17(26-18)11-6-23-27(2)8-11/h3-4,6-10,13-14H,5H2,1-2H3,(H,21,28)(H2,22,24,25,26)/t9-,10-,13+,14+/m1/s1. The molecule has 3 aromatic rings. The summed E-state index contributed by atoms with van der Waals surface area (Å²) in [4.78, 5) is 24.7. The van der Waals surface area contributed by atoms with Crippen LogP contribution in [-0.4, -0.2) is 43.7 Å². The van der Waals surface area contributed by atoms with Gasteiger partial charge in [-0.2, -0.15) is 5.10 Å². The van der Waals surface area contributed by atoms with Crippen molar-refractivity contribution >= 4 is 34.4 Å². The average Bonchev–Trinajstić information content (AvgIpc) is 3.45. The van der Waals surface area contributed by atoms with E-state index in [9.17, 15) is 4.79 Å². The minimum atomic E-state index is -0.125. The van der Waals surface area contributed by atoms with Crippen molar-refractivity contribution in [3.05, 3.63) is 35.8 Å². The first kappa shape index (κ1) is 17.2. The Morgan fingerprint density at radius 2 is 2.14 bits per heavy atom. The number of carbonyl (C=O) groups excluding carboxylic acids is 1. The highest BCUT2D eigenvalue weighted by Gasteiger charge is 2.48. The lowest BCUT2D eigenvalue weighted by atomic mass is 9.88. The van der Waals surface area contributed by atoms with Gasteiger partial charge in [-0.25, -0.2) is 9.97 Å². The molecular formula is C19H20ClN7O. The van der Waals surface area contributed by atoms with Gasteiger partial charge in [-0.05, 0) is 18.3 Å². The average molecular weight is 398 g/mol. The van der Waals surface area contributed by atoms with Crippen LogP contribution in [0, 0.1) is 17.8 Å². The molecule has 1 amide bonds. The second-order valence-corrected chi connectivity index (χ2v) is 7.83. The van der Waals surface area contributed by atoms with Crippen LogP contribution in [0.5, 0.6) is 0 Å². The lowest BCUT2D eigenvalue weighted by Crippen LogP contribution is -2.42. The number of allylic oxidation sites excluding steroid dienone is 1. The molecule has 3 N–H and O–H groups in total. The molecule has 0 aromatic carbocycles. The van der Waals surface area contributed by atoms with Crippen molar-refractivity contribution in [2.24, 2.45) is 24.8 Å². The van der Waals surface area contributed by atoms with Crippen LogP contribution in [0.2, 0.25) is 5.02 Å². The summed E-state index contributed by atoms with van der Waals surface area (Å²) in [5.41, 5.74) is 2.90. The molecule has 3 heterocycles. The molecule has 0 unspecified atom stereocenters. The first-order valence-corrected chi connectivity index (χ1v) is 9.62. The Bertz CT molecular complexity index is 1100. The third-order valence-corrected chi connectivity index (χ3v) is 6.06. The van der Waals surface area contributed by atoms with Crippen molar-refractivity contribution in [1.82, 2.24) is 30.0 Å². The maximum atomic E-state index is 12.5. The van der Waals surface area contributed by atoms with Crippen LogP contribution in [0.3, 0.4) is 0 Å². The monoisotopic (exact) mass is 397 g/mol. The number of halogens is 1. The number of H-pyrrole nitrogens is 1. The van der Waals surface area contributed by atoms with Crippen molar-refractivity contribution in [3.63, 3.8) is 0 Å². The van der Waals surface area contributed by atoms with Crippen LogP contribution >= 0.6 is 11.6 Å². The molecule has 8 nitrogen and oxygen atoms in total. The molecule has 2 aliphatic rings. The van der Waals surface area contributed by atoms with Gasteiger partial charge in [0.05, 0.1) is 34.6 Å². The summed E-state index contributed by atoms with van der Waals surface area (Å²) >= 11 is 6.50. The fourth-order valence-electron chi connectivity index (χ4n) is 4.46. The van der Waals surface area contributed by atoms with Gasteiger partial charge in [0.2, 0.25) is 5.91 Å². The van der Waals surface area contributed by atoms with E-state index >= 15 is 0 Å². The van der Waals surface area contributed by atoms with Gasteiger partial charge < -0.3 is 15.6 Å². The Morgan fingerprint density at radius 1 is 1.32 bits per heavy atom. The van der Waals surface area contributed by atoms with Crippen molar-refractivity contribution in [2.75, 3.05) is 12.4 Å². The zero-order valence-electron chi connectivity index (χ0n) is 15.5. The number of aromatic nitrogens is 5. The molecule has 5 rings (SSSR count). The predicted octanol–water partition coefficient (Wildman–Crippen LogP) is 2.36. The van der Waals surface area contributed by atoms with Crippen molar-refractivity contribution in [1.29, 1.82) is 0 Å². The van der Waals surface area contributed by atoms with Crippen molar-refractivity contribution in [2.45, 2.75) is 12.5 Å². The van der Waals surface area contributed by atoms with E-state index in [1.54, 1.807) is 24.1 Å². The first-order valence-electron chi connectivity index (χ1n) is 9.25. The number of fused-ring (bicyclic) bond motifs is 3. The molecule has 0 spiro atoms. The van der Waals surface area contributed by atoms with E-state index in [2.05, 4.69) is 42.8 Å². The molecule has 2 bridgehead atoms. The minimum Gasteiger partial charge on any atom is -0.378 e. The number of anilines is 1. The molecule has 0 saturated heterocycles. The van der Waals surface area contributed by atoms with Gasteiger partial charge in [-0.3, -0.25) is 9.48 Å². The van der Waals surface area contributed by atoms with E-state index < -0.39 is 0 Å². The first-order chi connectivity index (χ1) is 13.5. The van der Waals surface area contributed by atoms with E-state index in [-0.39, 0.29) is 23.8 Å². The molecule has 1 saturated carbocycles. The lowest BCUT2D eigenvalue weighted by Gasteiger charge is -2.28. The number of nitrogens with zero attached hydrogens (tertiary/aromatic N) is 4. The molecule has 144 valence electrons. The Kier molecular flexibility index (Phi) is 3.90. The van der Waals surface area contributed by atoms with Gasteiger partial charge in [0, 0.05) is 26.3 Å². The summed E-state index contributed by atoms with van der Waals surface area (Å²) in [7, 11) is 3.54. The molecule has 0 radical (unpaired) electrons. The van der Waals surface area contributed by atoms with E-state index in [0.29, 0.717) is 22.4 Å². The molecule has 2 aliphatic carbocycles. The molecule has 4 atom stereocenters. The number of aromatic amines is 1. The second-order valence-electron chi connectivity index (χ2n) is 7.43. The highest BCUT2D eigenvalue weighted by Crippen LogP contribution is 2.46. The smallest absolute Gasteiger partial charge is 0.225 e. The van der Waals surface area contributed by atoms with Crippen LogP contribution < -0.4 is 10.6 Å². The number of carbonyl (C=O) groups is 1. The fourth-order valence-corrected chi connectivity index (χ4v) is 4.66. The fraction of sp³-hybridized carbons (Fsp3) is 0.368. The second kappa shape index (κ2) is 6.34. The van der Waals surface area contributed by atoms with Crippen LogP contribution in [0.25, 0.3) is 22.6 Å². The van der Waals surface area contributed by atoms with Crippen molar-refractivity contribution in [3.8, 4) is 11.4 Å². The zero-order chi connectivity index (χ0) is 19.4. The molecule has 28 heavy (non-hydrogen) atoms. The molecule has 1 fully saturated rings. The Balaban J connectivity index is 1.55. The maximum Gasteiger partial charge on any atom is 0.225 e. The van der Waals surface area contributed by atoms with Gasteiger partial charge in [0.15, 0.2) is 5.65 Å². The molecule has 0 aliphatic heterocycles. The summed E-state index contributed by atoms with van der Waals surface area (Å²) in [6, 6.07) is -0.0248. The number of aryl methyl sites for hydroxylation is 1. The number of pyridine rings is 1. The van der Waals surface area contributed by atoms with Gasteiger partial charge >= 0.3 is 0 Å². The highest BCUT2D eigenvalue weighted by atomic mass is 35.5. The highest BCUT2D eigenvalue weighted by molar-refractivity contribution is 6.34. The van der Waals surface area contributed by atoms with Crippen LogP contribution in [0.1, 0.15) is 6.42 Å². The quantitative estimate of drug-likeness (QED) is 0.587. The molecular weight excluding hydrogens is 378 g/mol. The number of imidazole rings is 1. The number of amides is 1. The molecule has 3 aromatic heterocycles. The third kappa shape index (κ3) is 2.59. The normalized spacial score (nSPS) is 25.5. The summed E-state index contributed by atoms with van der Waals surface area (Å²) in [5, 5.41) is 11.0. The topological polar surface area (TPSA) is 101 Å². The number of rotatable bonds is 4. The van der Waals surface area contributed by atoms with Crippen LogP contribution in [0.4, 0.5) is 5.69 Å². The van der Waals surface area contributed by atoms with Gasteiger partial charge in [0.1, 0.15) is 11.3 Å². The van der Waals surface area contributed by atoms with E-state index in [1.807, 2.05) is 13.2 Å². The van der Waals surface area contributed by atoms with Gasteiger partial charge in [-0.1, -0.05) is 23.8 Å². The predicted molar refractivity (Wildman–Crippen MR) is 107 cm³/mol. The maximum absolute atomic E-state index is 12.5. The third-order valence-electron chi connectivity index (χ3n) is 5.77. The minimum absolute atomic E-state index is 0.0248. The Labute approximate surface area is 166 Å². The Hall–Kier alpha value is -2.87. The summed E-state index contributed by atoms with van der Waals surface area (Å²) in [5.74, 6) is 1.16. The van der Waals surface area contributed by atoms with E-state index in [1.165, 1.54) is 0 Å². The van der Waals surface area contributed by atoms with E-state index in [0.717, 1.165) is 23.2 Å². The summed E-state index contributed by atoms with van der Waals surface area (Å²) in [6.07, 6.45) is 10.6. The van der Waals surface area contributed by atoms with Crippen molar-refractivity contribution < 1.29 is 4.79 Å². The summed E-state index contributed by atoms with van der Waals surface area (Å²) in [6.45, 7) is 0. The summed E-state index contributed by atoms with van der Waals surface area (Å²) < 4.78 is 1.72. The van der Waals surface area contributed by atoms with Gasteiger partial charge in [-0.15, -0.1) is 0 Å². The van der Waals surface area contributed by atoms with Crippen LogP contribution in [-0.2, 0) is 11.8 Å². The van der Waals surface area contributed by atoms with E-state index in [4.69, 9.17) is 11.6 Å². The number of hydrogen-bond acceptors (Lipinski definition) is 5. The number of hydrogen-bond donors (Lipinski definition) is 3. The zero-order valence-corrected chi connectivity index (χ0v) is 16.2. The molecule has 9 heteroatoms. The van der Waals surface area contributed by atoms with Crippen LogP contribution in [0.15, 0.2) is 30.7 Å². The largest absolute Gasteiger partial charge is 0.378 e. The van der Waals surface area contributed by atoms with Gasteiger partial charge in [0.25, 0.3) is 0 Å². The number of nitrogens with one attached hydrogen (secondary N) is 3.